The Morgan fingerprint density at radius 2 is 2.08 bits per heavy atom. The molecule has 24 heavy (non-hydrogen) atoms. The van der Waals surface area contributed by atoms with Crippen LogP contribution in [0.15, 0.2) is 36.7 Å². The van der Waals surface area contributed by atoms with Gasteiger partial charge in [0, 0.05) is 19.4 Å². The summed E-state index contributed by atoms with van der Waals surface area (Å²) in [4.78, 5) is 12.2. The van der Waals surface area contributed by atoms with Gasteiger partial charge in [0.2, 0.25) is 5.91 Å². The summed E-state index contributed by atoms with van der Waals surface area (Å²) < 4.78 is 12.7. The van der Waals surface area contributed by atoms with Crippen LogP contribution < -0.4 is 10.1 Å². The van der Waals surface area contributed by atoms with Gasteiger partial charge in [0.05, 0.1) is 31.0 Å². The van der Waals surface area contributed by atoms with Crippen molar-refractivity contribution >= 4 is 11.6 Å². The molecule has 3 rings (SSSR count). The number of carbonyl (C=O) groups excluding carboxylic acids is 1. The second-order valence-electron chi connectivity index (χ2n) is 5.85. The summed E-state index contributed by atoms with van der Waals surface area (Å²) in [5.41, 5.74) is 1.69. The molecule has 1 saturated heterocycles. The fourth-order valence-electron chi connectivity index (χ4n) is 2.81. The van der Waals surface area contributed by atoms with Gasteiger partial charge in [-0.25, -0.2) is 0 Å². The molecule has 1 aromatic carbocycles. The van der Waals surface area contributed by atoms with E-state index < -0.39 is 0 Å². The van der Waals surface area contributed by atoms with Crippen molar-refractivity contribution in [1.29, 1.82) is 0 Å². The molecular formula is C18H23N3O3. The fourth-order valence-corrected chi connectivity index (χ4v) is 2.81. The summed E-state index contributed by atoms with van der Waals surface area (Å²) in [5, 5.41) is 7.27. The van der Waals surface area contributed by atoms with Crippen LogP contribution in [0.2, 0.25) is 0 Å². The van der Waals surface area contributed by atoms with Crippen LogP contribution in [-0.4, -0.2) is 35.5 Å². The van der Waals surface area contributed by atoms with Gasteiger partial charge >= 0.3 is 0 Å². The van der Waals surface area contributed by atoms with Gasteiger partial charge in [0.25, 0.3) is 0 Å². The molecule has 6 heteroatoms. The van der Waals surface area contributed by atoms with E-state index in [1.54, 1.807) is 6.20 Å². The number of anilines is 1. The van der Waals surface area contributed by atoms with Crippen molar-refractivity contribution in [3.8, 4) is 5.75 Å². The molecule has 0 spiro atoms. The second-order valence-corrected chi connectivity index (χ2v) is 5.85. The number of amides is 1. The molecule has 0 bridgehead atoms. The van der Waals surface area contributed by atoms with E-state index in [0.717, 1.165) is 43.1 Å². The molecular weight excluding hydrogens is 306 g/mol. The SMILES string of the molecule is CCOc1ccc(CC(=O)Nc2cnn(C3CCOCC3)c2)cc1. The topological polar surface area (TPSA) is 65.4 Å². The minimum atomic E-state index is -0.0503. The maximum absolute atomic E-state index is 12.2. The second kappa shape index (κ2) is 7.97. The van der Waals surface area contributed by atoms with Gasteiger partial charge in [0.15, 0.2) is 0 Å². The molecule has 1 amide bonds. The Hall–Kier alpha value is -2.34. The molecule has 6 nitrogen and oxygen atoms in total. The Balaban J connectivity index is 1.53. The third-order valence-corrected chi connectivity index (χ3v) is 4.05. The number of nitrogens with zero attached hydrogens (tertiary/aromatic N) is 2. The molecule has 2 heterocycles. The highest BCUT2D eigenvalue weighted by Gasteiger charge is 2.16. The Morgan fingerprint density at radius 3 is 2.79 bits per heavy atom. The van der Waals surface area contributed by atoms with E-state index in [-0.39, 0.29) is 5.91 Å². The standard InChI is InChI=1S/C18H23N3O3/c1-2-24-17-5-3-14(4-6-17)11-18(22)20-15-12-19-21(13-15)16-7-9-23-10-8-16/h3-6,12-13,16H,2,7-11H2,1H3,(H,20,22). The van der Waals surface area contributed by atoms with Crippen LogP contribution in [0.25, 0.3) is 0 Å². The number of carbonyl (C=O) groups is 1. The molecule has 128 valence electrons. The monoisotopic (exact) mass is 329 g/mol. The first kappa shape index (κ1) is 16.5. The lowest BCUT2D eigenvalue weighted by Crippen LogP contribution is -2.20. The number of hydrogen-bond acceptors (Lipinski definition) is 4. The van der Waals surface area contributed by atoms with Crippen molar-refractivity contribution in [2.75, 3.05) is 25.1 Å². The highest BCUT2D eigenvalue weighted by molar-refractivity contribution is 5.92. The van der Waals surface area contributed by atoms with Crippen LogP contribution in [-0.2, 0) is 16.0 Å². The van der Waals surface area contributed by atoms with Crippen molar-refractivity contribution < 1.29 is 14.3 Å². The van der Waals surface area contributed by atoms with Crippen molar-refractivity contribution in [2.45, 2.75) is 32.2 Å². The smallest absolute Gasteiger partial charge is 0.228 e. The molecule has 0 radical (unpaired) electrons. The highest BCUT2D eigenvalue weighted by Crippen LogP contribution is 2.21. The molecule has 1 fully saturated rings. The number of hydrogen-bond donors (Lipinski definition) is 1. The summed E-state index contributed by atoms with van der Waals surface area (Å²) >= 11 is 0. The molecule has 1 aliphatic rings. The van der Waals surface area contributed by atoms with E-state index in [1.165, 1.54) is 0 Å². The molecule has 1 N–H and O–H groups in total. The minimum absolute atomic E-state index is 0.0503. The summed E-state index contributed by atoms with van der Waals surface area (Å²) in [6.45, 7) is 4.12. The zero-order valence-corrected chi connectivity index (χ0v) is 13.9. The first-order chi connectivity index (χ1) is 11.7. The van der Waals surface area contributed by atoms with Crippen LogP contribution in [0.4, 0.5) is 5.69 Å². The molecule has 1 aromatic heterocycles. The minimum Gasteiger partial charge on any atom is -0.494 e. The molecule has 1 aliphatic heterocycles. The van der Waals surface area contributed by atoms with Crippen molar-refractivity contribution in [3.63, 3.8) is 0 Å². The maximum Gasteiger partial charge on any atom is 0.228 e. The van der Waals surface area contributed by atoms with Gasteiger partial charge in [-0.15, -0.1) is 0 Å². The average molecular weight is 329 g/mol. The summed E-state index contributed by atoms with van der Waals surface area (Å²) in [7, 11) is 0. The van der Waals surface area contributed by atoms with E-state index in [2.05, 4.69) is 10.4 Å². The van der Waals surface area contributed by atoms with Crippen molar-refractivity contribution in [1.82, 2.24) is 9.78 Å². The number of aromatic nitrogens is 2. The van der Waals surface area contributed by atoms with E-state index >= 15 is 0 Å². The highest BCUT2D eigenvalue weighted by atomic mass is 16.5. The largest absolute Gasteiger partial charge is 0.494 e. The lowest BCUT2D eigenvalue weighted by molar-refractivity contribution is -0.115. The van der Waals surface area contributed by atoms with Gasteiger partial charge in [-0.2, -0.15) is 5.10 Å². The van der Waals surface area contributed by atoms with Crippen molar-refractivity contribution in [3.05, 3.63) is 42.2 Å². The Kier molecular flexibility index (Phi) is 5.48. The maximum atomic E-state index is 12.2. The van der Waals surface area contributed by atoms with Gasteiger partial charge in [0.1, 0.15) is 5.75 Å². The Labute approximate surface area is 141 Å². The van der Waals surface area contributed by atoms with Crippen molar-refractivity contribution in [2.24, 2.45) is 0 Å². The normalized spacial score (nSPS) is 15.2. The Bertz CT molecular complexity index is 660. The average Bonchev–Trinajstić information content (AvgIpc) is 3.06. The predicted octanol–water partition coefficient (Wildman–Crippen LogP) is 2.81. The lowest BCUT2D eigenvalue weighted by Gasteiger charge is -2.22. The molecule has 0 unspecified atom stereocenters. The predicted molar refractivity (Wildman–Crippen MR) is 91.3 cm³/mol. The van der Waals surface area contributed by atoms with Crippen LogP contribution in [0, 0.1) is 0 Å². The van der Waals surface area contributed by atoms with Crippen LogP contribution in [0.3, 0.4) is 0 Å². The summed E-state index contributed by atoms with van der Waals surface area (Å²) in [5.74, 6) is 0.769. The fraction of sp³-hybridized carbons (Fsp3) is 0.444. The summed E-state index contributed by atoms with van der Waals surface area (Å²) in [6.07, 6.45) is 5.84. The van der Waals surface area contributed by atoms with Crippen LogP contribution in [0.5, 0.6) is 5.75 Å². The van der Waals surface area contributed by atoms with Crippen LogP contribution >= 0.6 is 0 Å². The number of ether oxygens (including phenoxy) is 2. The third kappa shape index (κ3) is 4.35. The van der Waals surface area contributed by atoms with Gasteiger partial charge < -0.3 is 14.8 Å². The molecule has 0 aliphatic carbocycles. The van der Waals surface area contributed by atoms with Gasteiger partial charge in [-0.1, -0.05) is 12.1 Å². The molecule has 0 atom stereocenters. The van der Waals surface area contributed by atoms with Crippen LogP contribution in [0.1, 0.15) is 31.4 Å². The molecule has 0 saturated carbocycles. The number of benzene rings is 1. The van der Waals surface area contributed by atoms with E-state index in [0.29, 0.717) is 19.1 Å². The zero-order chi connectivity index (χ0) is 16.8. The van der Waals surface area contributed by atoms with E-state index in [1.807, 2.05) is 42.1 Å². The van der Waals surface area contributed by atoms with Gasteiger partial charge in [-0.3, -0.25) is 9.48 Å². The first-order valence-electron chi connectivity index (χ1n) is 8.38. The number of rotatable bonds is 6. The summed E-state index contributed by atoms with van der Waals surface area (Å²) in [6, 6.07) is 7.95. The third-order valence-electron chi connectivity index (χ3n) is 4.05. The van der Waals surface area contributed by atoms with Gasteiger partial charge in [-0.05, 0) is 37.5 Å². The molecule has 2 aromatic rings. The first-order valence-corrected chi connectivity index (χ1v) is 8.38. The quantitative estimate of drug-likeness (QED) is 0.885. The van der Waals surface area contributed by atoms with E-state index in [4.69, 9.17) is 9.47 Å². The Morgan fingerprint density at radius 1 is 1.33 bits per heavy atom. The van der Waals surface area contributed by atoms with E-state index in [9.17, 15) is 4.79 Å². The lowest BCUT2D eigenvalue weighted by atomic mass is 10.1. The number of nitrogens with one attached hydrogen (secondary N) is 1. The zero-order valence-electron chi connectivity index (χ0n) is 13.9.